The molecule has 12 heteroatoms. The van der Waals surface area contributed by atoms with E-state index in [0.29, 0.717) is 12.1 Å². The minimum absolute atomic E-state index is 0.0173. The third-order valence-electron chi connectivity index (χ3n) is 8.36. The van der Waals surface area contributed by atoms with Crippen LogP contribution in [0.4, 0.5) is 0 Å². The number of nitrogens with one attached hydrogen (secondary N) is 2. The average Bonchev–Trinajstić information content (AvgIpc) is 3.24. The van der Waals surface area contributed by atoms with E-state index in [9.17, 15) is 24.3 Å². The van der Waals surface area contributed by atoms with Crippen LogP contribution < -0.4 is 10.6 Å². The fraction of sp³-hybridized carbons (Fsp3) is 0.464. The quantitative estimate of drug-likeness (QED) is 0.398. The van der Waals surface area contributed by atoms with Gasteiger partial charge in [-0.25, -0.2) is 14.6 Å². The maximum absolute atomic E-state index is 13.6. The van der Waals surface area contributed by atoms with Gasteiger partial charge >= 0.3 is 18.6 Å². The molecule has 0 spiro atoms. The maximum atomic E-state index is 13.6. The Kier molecular flexibility index (Phi) is 8.05. The Morgan fingerprint density at radius 3 is 2.12 bits per heavy atom. The molecule has 0 saturated carbocycles. The first kappa shape index (κ1) is 29.2. The summed E-state index contributed by atoms with van der Waals surface area (Å²) in [6, 6.07) is 11.6. The van der Waals surface area contributed by atoms with Crippen molar-refractivity contribution in [1.82, 2.24) is 15.6 Å². The molecule has 2 saturated heterocycles. The lowest BCUT2D eigenvalue weighted by Gasteiger charge is -2.49. The van der Waals surface area contributed by atoms with Gasteiger partial charge in [0.2, 0.25) is 5.91 Å². The number of aromatic nitrogens is 1. The zero-order valence-corrected chi connectivity index (χ0v) is 23.7. The minimum Gasteiger partial charge on any atom is -0.599 e. The van der Waals surface area contributed by atoms with Crippen molar-refractivity contribution in [3.8, 4) is 11.3 Å². The number of quaternary nitrogens is 1. The normalized spacial score (nSPS) is 27.8. The molecule has 4 rings (SSSR count). The summed E-state index contributed by atoms with van der Waals surface area (Å²) in [5.41, 5.74) is 1.47. The first-order valence-corrected chi connectivity index (χ1v) is 13.6. The molecule has 1 aromatic carbocycles. The van der Waals surface area contributed by atoms with Gasteiger partial charge in [-0.1, -0.05) is 50.2 Å². The van der Waals surface area contributed by atoms with E-state index in [1.807, 2.05) is 44.2 Å². The summed E-state index contributed by atoms with van der Waals surface area (Å²) in [6.07, 6.45) is -0.956. The number of amides is 2. The lowest BCUT2D eigenvalue weighted by atomic mass is 9.57. The fourth-order valence-corrected chi connectivity index (χ4v) is 5.81. The van der Waals surface area contributed by atoms with E-state index < -0.39 is 60.6 Å². The number of pyridine rings is 1. The molecule has 2 amide bonds. The predicted octanol–water partition coefficient (Wildman–Crippen LogP) is 1.57. The molecule has 0 unspecified atom stereocenters. The number of aliphatic hydroxyl groups is 1. The molecular formula is C28H37BN4O7. The highest BCUT2D eigenvalue weighted by atomic mass is 16.7. The van der Waals surface area contributed by atoms with E-state index in [1.165, 1.54) is 13.0 Å². The van der Waals surface area contributed by atoms with Crippen LogP contribution >= 0.6 is 0 Å². The summed E-state index contributed by atoms with van der Waals surface area (Å²) in [5.74, 6) is -3.27. The predicted molar refractivity (Wildman–Crippen MR) is 147 cm³/mol. The summed E-state index contributed by atoms with van der Waals surface area (Å²) in [4.78, 5) is 56.8. The van der Waals surface area contributed by atoms with Gasteiger partial charge in [-0.3, -0.25) is 9.59 Å². The second-order valence-electron chi connectivity index (χ2n) is 11.4. The lowest BCUT2D eigenvalue weighted by Crippen LogP contribution is -2.75. The van der Waals surface area contributed by atoms with Gasteiger partial charge in [0, 0.05) is 12.6 Å². The van der Waals surface area contributed by atoms with Crippen LogP contribution in [0.25, 0.3) is 11.3 Å². The highest BCUT2D eigenvalue weighted by molar-refractivity contribution is 6.68. The zero-order chi connectivity index (χ0) is 29.4. The van der Waals surface area contributed by atoms with E-state index in [4.69, 9.17) is 9.31 Å². The molecule has 5 atom stereocenters. The Labute approximate surface area is 233 Å². The largest absolute Gasteiger partial charge is 0.605 e. The first-order chi connectivity index (χ1) is 18.8. The highest BCUT2D eigenvalue weighted by Crippen LogP contribution is 2.44. The Bertz CT molecular complexity index is 1280. The number of likely N-dealkylation sites (N-methyl/N-ethyl adjacent to an activating group) is 1. The second-order valence-corrected chi connectivity index (χ2v) is 11.4. The average molecular weight is 552 g/mol. The molecule has 2 fully saturated rings. The molecule has 1 aromatic heterocycles. The van der Waals surface area contributed by atoms with Gasteiger partial charge in [-0.2, -0.15) is 0 Å². The minimum atomic E-state index is -2.67. The maximum Gasteiger partial charge on any atom is 0.605 e. The fourth-order valence-electron chi connectivity index (χ4n) is 5.81. The lowest BCUT2D eigenvalue weighted by molar-refractivity contribution is -0.840. The topological polar surface area (TPSA) is 144 Å². The van der Waals surface area contributed by atoms with Crippen LogP contribution in [0.15, 0.2) is 48.5 Å². The van der Waals surface area contributed by atoms with Gasteiger partial charge in [-0.05, 0) is 45.2 Å². The van der Waals surface area contributed by atoms with E-state index in [0.717, 1.165) is 5.56 Å². The van der Waals surface area contributed by atoms with Crippen molar-refractivity contribution < 1.29 is 38.0 Å². The number of carbonyl (C=O) groups is 4. The van der Waals surface area contributed by atoms with E-state index in [2.05, 4.69) is 15.6 Å². The zero-order valence-electron chi connectivity index (χ0n) is 23.7. The van der Waals surface area contributed by atoms with Gasteiger partial charge in [0.1, 0.15) is 23.8 Å². The van der Waals surface area contributed by atoms with Crippen LogP contribution in [0.2, 0.25) is 0 Å². The Hall–Kier alpha value is -3.77. The van der Waals surface area contributed by atoms with Crippen molar-refractivity contribution >= 4 is 30.4 Å². The molecule has 11 nitrogen and oxygen atoms in total. The standard InChI is InChI=1S/C28H37BN4O7/c1-16(2)15-23(29-33(6,17(3)27(37)39-29)18(4)28(38)40-29)31-26(36)24(19(5)34)32-25(35)22-14-10-13-21(30-22)20-11-8-7-9-12-20/h7-14,16-19,23-24,34H,15H2,1-6H3,(H,31,36)(H,32,35)/t17-,18-,19-,23+,24+,29?,33?/m1/s1. The summed E-state index contributed by atoms with van der Waals surface area (Å²) in [5, 5.41) is 16.0. The summed E-state index contributed by atoms with van der Waals surface area (Å²) in [6.45, 7) is 5.91. The van der Waals surface area contributed by atoms with Crippen LogP contribution in [0.3, 0.4) is 0 Å². The first-order valence-electron chi connectivity index (χ1n) is 13.6. The van der Waals surface area contributed by atoms with Crippen LogP contribution in [-0.2, 0) is 23.7 Å². The van der Waals surface area contributed by atoms with Gasteiger partial charge in [0.05, 0.1) is 17.7 Å². The Balaban J connectivity index is 1.60. The third-order valence-corrected chi connectivity index (χ3v) is 8.36. The molecule has 214 valence electrons. The van der Waals surface area contributed by atoms with Gasteiger partial charge in [0.25, 0.3) is 5.91 Å². The van der Waals surface area contributed by atoms with E-state index >= 15 is 0 Å². The molecule has 2 aromatic rings. The SMILES string of the molecule is CC(C)C[C@H](NC(=O)[C@@H](NC(=O)c1cccc(-c2ccccc2)n1)[C@@H](C)O)[B-]12OC(=O)[C@@H](C)[N+]1(C)[C@H](C)C(=O)O2. The molecule has 2 aliphatic rings. The van der Waals surface area contributed by atoms with Crippen molar-refractivity contribution in [3.63, 3.8) is 0 Å². The van der Waals surface area contributed by atoms with Gasteiger partial charge in [-0.15, -0.1) is 0 Å². The summed E-state index contributed by atoms with van der Waals surface area (Å²) >= 11 is 0. The smallest absolute Gasteiger partial charge is 0.599 e. The van der Waals surface area contributed by atoms with Crippen molar-refractivity contribution in [1.29, 1.82) is 0 Å². The van der Waals surface area contributed by atoms with Crippen molar-refractivity contribution in [2.24, 2.45) is 5.92 Å². The second kappa shape index (κ2) is 11.0. The van der Waals surface area contributed by atoms with Gasteiger partial charge in [0.15, 0.2) is 0 Å². The number of rotatable bonds is 9. The molecule has 2 aliphatic heterocycles. The summed E-state index contributed by atoms with van der Waals surface area (Å²) < 4.78 is 11.5. The number of nitrogens with zero attached hydrogens (tertiary/aromatic N) is 2. The van der Waals surface area contributed by atoms with E-state index in [1.54, 1.807) is 33.0 Å². The molecule has 40 heavy (non-hydrogen) atoms. The van der Waals surface area contributed by atoms with Crippen molar-refractivity contribution in [2.75, 3.05) is 7.05 Å². The van der Waals surface area contributed by atoms with Gasteiger partial charge < -0.3 is 29.4 Å². The number of fused-ring (bicyclic) bond motifs is 1. The van der Waals surface area contributed by atoms with Crippen LogP contribution in [0.1, 0.15) is 51.5 Å². The monoisotopic (exact) mass is 552 g/mol. The number of aliphatic hydroxyl groups excluding tert-OH is 1. The van der Waals surface area contributed by atoms with Crippen LogP contribution in [-0.4, -0.2) is 82.1 Å². The van der Waals surface area contributed by atoms with Crippen molar-refractivity contribution in [2.45, 2.75) is 71.2 Å². The number of hydrogen-bond acceptors (Lipinski definition) is 8. The molecule has 3 heterocycles. The molecule has 0 aliphatic carbocycles. The van der Waals surface area contributed by atoms with E-state index in [-0.39, 0.29) is 16.0 Å². The molecule has 3 N–H and O–H groups in total. The summed E-state index contributed by atoms with van der Waals surface area (Å²) in [7, 11) is 1.73. The third kappa shape index (κ3) is 4.97. The van der Waals surface area contributed by atoms with Crippen molar-refractivity contribution in [3.05, 3.63) is 54.2 Å². The molecule has 0 radical (unpaired) electrons. The Morgan fingerprint density at radius 2 is 1.57 bits per heavy atom. The number of hydrogen-bond donors (Lipinski definition) is 3. The molecule has 0 bridgehead atoms. The Morgan fingerprint density at radius 1 is 0.975 bits per heavy atom. The van der Waals surface area contributed by atoms with Crippen LogP contribution in [0, 0.1) is 5.92 Å². The number of carbonyl (C=O) groups excluding carboxylic acids is 4. The highest BCUT2D eigenvalue weighted by Gasteiger charge is 2.74. The van der Waals surface area contributed by atoms with Crippen LogP contribution in [0.5, 0.6) is 0 Å². The molecular weight excluding hydrogens is 515 g/mol. The number of benzene rings is 1.